The molecule has 30 heavy (non-hydrogen) atoms. The van der Waals surface area contributed by atoms with Crippen molar-refractivity contribution < 1.29 is 23.5 Å². The Morgan fingerprint density at radius 1 is 0.900 bits per heavy atom. The predicted octanol–water partition coefficient (Wildman–Crippen LogP) is 4.52. The van der Waals surface area contributed by atoms with Crippen LogP contribution in [-0.2, 0) is 14.3 Å². The number of halogens is 1. The number of carbonyl (C=O) groups excluding carboxylic acids is 2. The van der Waals surface area contributed by atoms with E-state index in [1.165, 1.54) is 25.1 Å². The molecule has 3 aromatic carbocycles. The normalized spacial score (nSPS) is 11.3. The molecule has 0 radical (unpaired) electrons. The van der Waals surface area contributed by atoms with Crippen molar-refractivity contribution in [1.29, 1.82) is 0 Å². The molecule has 0 heterocycles. The van der Waals surface area contributed by atoms with Crippen LogP contribution in [-0.4, -0.2) is 24.6 Å². The molecule has 154 valence electrons. The number of ether oxygens (including phenoxy) is 2. The Kier molecular flexibility index (Phi) is 7.00. The highest BCUT2D eigenvalue weighted by atomic mass is 19.1. The van der Waals surface area contributed by atoms with Crippen LogP contribution >= 0.6 is 0 Å². The van der Waals surface area contributed by atoms with Crippen LogP contribution < -0.4 is 15.4 Å². The van der Waals surface area contributed by atoms with Gasteiger partial charge < -0.3 is 20.1 Å². The van der Waals surface area contributed by atoms with Gasteiger partial charge in [0.2, 0.25) is 0 Å². The van der Waals surface area contributed by atoms with Crippen molar-refractivity contribution in [1.82, 2.24) is 0 Å². The summed E-state index contributed by atoms with van der Waals surface area (Å²) >= 11 is 0. The number of carbonyl (C=O) groups is 2. The summed E-state index contributed by atoms with van der Waals surface area (Å²) in [7, 11) is 0. The molecule has 0 saturated heterocycles. The van der Waals surface area contributed by atoms with Crippen molar-refractivity contribution in [3.8, 4) is 5.75 Å². The van der Waals surface area contributed by atoms with E-state index in [1.54, 1.807) is 18.2 Å². The second-order valence-corrected chi connectivity index (χ2v) is 6.41. The van der Waals surface area contributed by atoms with Gasteiger partial charge in [0, 0.05) is 11.4 Å². The Balaban J connectivity index is 1.44. The average Bonchev–Trinajstić information content (AvgIpc) is 2.75. The number of nitrogens with one attached hydrogen (secondary N) is 2. The minimum absolute atomic E-state index is 0.0193. The third-order valence-electron chi connectivity index (χ3n) is 4.08. The van der Waals surface area contributed by atoms with Crippen molar-refractivity contribution in [2.75, 3.05) is 17.2 Å². The molecule has 1 atom stereocenters. The van der Waals surface area contributed by atoms with Gasteiger partial charge in [-0.25, -0.2) is 9.18 Å². The van der Waals surface area contributed by atoms with Crippen LogP contribution in [0.2, 0.25) is 0 Å². The Bertz CT molecular complexity index is 994. The summed E-state index contributed by atoms with van der Waals surface area (Å²) in [4.78, 5) is 24.0. The fourth-order valence-electron chi connectivity index (χ4n) is 2.55. The molecule has 0 bridgehead atoms. The second kappa shape index (κ2) is 10.1. The zero-order valence-corrected chi connectivity index (χ0v) is 16.3. The number of amides is 1. The molecule has 0 aliphatic heterocycles. The highest BCUT2D eigenvalue weighted by molar-refractivity contribution is 5.95. The van der Waals surface area contributed by atoms with Crippen molar-refractivity contribution >= 4 is 28.9 Å². The van der Waals surface area contributed by atoms with Crippen LogP contribution in [0.5, 0.6) is 5.75 Å². The molecule has 0 saturated carbocycles. The van der Waals surface area contributed by atoms with Gasteiger partial charge in [-0.3, -0.25) is 4.79 Å². The van der Waals surface area contributed by atoms with Crippen LogP contribution in [0.15, 0.2) is 78.9 Å². The second-order valence-electron chi connectivity index (χ2n) is 6.41. The van der Waals surface area contributed by atoms with Gasteiger partial charge in [0.1, 0.15) is 11.6 Å². The third kappa shape index (κ3) is 6.07. The number of benzene rings is 3. The molecule has 0 aromatic heterocycles. The Morgan fingerprint density at radius 2 is 1.53 bits per heavy atom. The lowest BCUT2D eigenvalue weighted by atomic mass is 10.2. The largest absolute Gasteiger partial charge is 0.482 e. The molecule has 0 aliphatic rings. The summed E-state index contributed by atoms with van der Waals surface area (Å²) in [5.41, 5.74) is 1.85. The van der Waals surface area contributed by atoms with Crippen LogP contribution in [0.25, 0.3) is 0 Å². The molecule has 0 aliphatic carbocycles. The Morgan fingerprint density at radius 3 is 2.23 bits per heavy atom. The molecule has 0 spiro atoms. The zero-order valence-electron chi connectivity index (χ0n) is 16.3. The van der Waals surface area contributed by atoms with Gasteiger partial charge in [-0.2, -0.15) is 0 Å². The molecule has 3 rings (SSSR count). The topological polar surface area (TPSA) is 76.7 Å². The Labute approximate surface area is 173 Å². The van der Waals surface area contributed by atoms with Crippen molar-refractivity contribution in [2.24, 2.45) is 0 Å². The summed E-state index contributed by atoms with van der Waals surface area (Å²) in [6.07, 6.45) is -1.10. The van der Waals surface area contributed by atoms with Gasteiger partial charge in [0.15, 0.2) is 12.7 Å². The van der Waals surface area contributed by atoms with Gasteiger partial charge in [-0.15, -0.1) is 0 Å². The van der Waals surface area contributed by atoms with E-state index in [-0.39, 0.29) is 12.3 Å². The number of esters is 1. The number of hydrogen-bond acceptors (Lipinski definition) is 5. The van der Waals surface area contributed by atoms with Crippen molar-refractivity contribution in [3.63, 3.8) is 0 Å². The Hall–Kier alpha value is -3.87. The van der Waals surface area contributed by atoms with Crippen molar-refractivity contribution in [3.05, 3.63) is 84.7 Å². The van der Waals surface area contributed by atoms with Crippen LogP contribution in [0.3, 0.4) is 0 Å². The van der Waals surface area contributed by atoms with Gasteiger partial charge in [0.05, 0.1) is 5.69 Å². The smallest absolute Gasteiger partial charge is 0.344 e. The molecule has 2 N–H and O–H groups in total. The SMILES string of the molecule is C[C@H](OC(=O)COc1ccc(Nc2ccccc2)cc1)C(=O)Nc1ccccc1F. The fourth-order valence-corrected chi connectivity index (χ4v) is 2.55. The van der Waals surface area contributed by atoms with Gasteiger partial charge in [0.25, 0.3) is 5.91 Å². The molecule has 3 aromatic rings. The molecule has 0 fully saturated rings. The maximum Gasteiger partial charge on any atom is 0.344 e. The number of para-hydroxylation sites is 2. The number of hydrogen-bond donors (Lipinski definition) is 2. The predicted molar refractivity (Wildman–Crippen MR) is 112 cm³/mol. The summed E-state index contributed by atoms with van der Waals surface area (Å²) in [5, 5.41) is 5.62. The van der Waals surface area contributed by atoms with Gasteiger partial charge >= 0.3 is 5.97 Å². The third-order valence-corrected chi connectivity index (χ3v) is 4.08. The van der Waals surface area contributed by atoms with E-state index < -0.39 is 23.8 Å². The molecular weight excluding hydrogens is 387 g/mol. The van der Waals surface area contributed by atoms with Crippen molar-refractivity contribution in [2.45, 2.75) is 13.0 Å². The summed E-state index contributed by atoms with van der Waals surface area (Å²) in [6, 6.07) is 22.5. The summed E-state index contributed by atoms with van der Waals surface area (Å²) in [5.74, 6) is -1.44. The van der Waals surface area contributed by atoms with E-state index in [0.717, 1.165) is 11.4 Å². The minimum Gasteiger partial charge on any atom is -0.482 e. The van der Waals surface area contributed by atoms with Gasteiger partial charge in [-0.05, 0) is 55.5 Å². The lowest BCUT2D eigenvalue weighted by molar-refractivity contribution is -0.155. The lowest BCUT2D eigenvalue weighted by Crippen LogP contribution is -2.31. The highest BCUT2D eigenvalue weighted by Crippen LogP contribution is 2.20. The highest BCUT2D eigenvalue weighted by Gasteiger charge is 2.19. The fraction of sp³-hybridized carbons (Fsp3) is 0.130. The maximum absolute atomic E-state index is 13.6. The quantitative estimate of drug-likeness (QED) is 0.536. The summed E-state index contributed by atoms with van der Waals surface area (Å²) < 4.78 is 24.0. The van der Waals surface area contributed by atoms with E-state index in [9.17, 15) is 14.0 Å². The zero-order chi connectivity index (χ0) is 21.3. The summed E-state index contributed by atoms with van der Waals surface area (Å²) in [6.45, 7) is 1.04. The van der Waals surface area contributed by atoms with E-state index >= 15 is 0 Å². The average molecular weight is 408 g/mol. The van der Waals surface area contributed by atoms with Crippen LogP contribution in [0.4, 0.5) is 21.5 Å². The van der Waals surface area contributed by atoms with Crippen LogP contribution in [0.1, 0.15) is 6.92 Å². The van der Waals surface area contributed by atoms with E-state index in [4.69, 9.17) is 9.47 Å². The van der Waals surface area contributed by atoms with Crippen LogP contribution in [0, 0.1) is 5.82 Å². The standard InChI is InChI=1S/C23H21FN2O4/c1-16(23(28)26-21-10-6-5-9-20(21)24)30-22(27)15-29-19-13-11-18(12-14-19)25-17-7-3-2-4-8-17/h2-14,16,25H,15H2,1H3,(H,26,28)/t16-/m0/s1. The maximum atomic E-state index is 13.6. The van der Waals surface area contributed by atoms with E-state index in [2.05, 4.69) is 10.6 Å². The minimum atomic E-state index is -1.10. The van der Waals surface area contributed by atoms with E-state index in [1.807, 2.05) is 42.5 Å². The first kappa shape index (κ1) is 20.9. The van der Waals surface area contributed by atoms with E-state index in [0.29, 0.717) is 5.75 Å². The number of anilines is 3. The first-order chi connectivity index (χ1) is 14.5. The molecule has 1 amide bonds. The first-order valence-electron chi connectivity index (χ1n) is 9.31. The lowest BCUT2D eigenvalue weighted by Gasteiger charge is -2.14. The number of rotatable bonds is 8. The molecule has 7 heteroatoms. The first-order valence-corrected chi connectivity index (χ1v) is 9.31. The monoisotopic (exact) mass is 408 g/mol. The molecular formula is C23H21FN2O4. The van der Waals surface area contributed by atoms with Gasteiger partial charge in [-0.1, -0.05) is 30.3 Å². The molecule has 0 unspecified atom stereocenters. The molecule has 6 nitrogen and oxygen atoms in total.